The van der Waals surface area contributed by atoms with Crippen LogP contribution in [0, 0.1) is 5.82 Å². The molecule has 0 aliphatic carbocycles. The van der Waals surface area contributed by atoms with E-state index in [9.17, 15) is 9.18 Å². The number of anilines is 2. The molecule has 0 spiro atoms. The largest absolute Gasteiger partial charge is 0.369 e. The Morgan fingerprint density at radius 3 is 2.76 bits per heavy atom. The average Bonchev–Trinajstić information content (AvgIpc) is 3.26. The van der Waals surface area contributed by atoms with Crippen molar-refractivity contribution in [2.24, 2.45) is 0 Å². The van der Waals surface area contributed by atoms with Crippen LogP contribution in [-0.4, -0.2) is 40.3 Å². The molecule has 0 bridgehead atoms. The monoisotopic (exact) mass is 363 g/mol. The van der Waals surface area contributed by atoms with Crippen molar-refractivity contribution in [2.45, 2.75) is 25.9 Å². The zero-order valence-electron chi connectivity index (χ0n) is 13.7. The van der Waals surface area contributed by atoms with Crippen LogP contribution in [0.4, 0.5) is 20.6 Å². The molecule has 2 amide bonds. The first kappa shape index (κ1) is 16.2. The van der Waals surface area contributed by atoms with E-state index in [4.69, 9.17) is 11.6 Å². The van der Waals surface area contributed by atoms with E-state index in [1.54, 1.807) is 4.90 Å². The number of nitrogens with one attached hydrogen (secondary N) is 1. The van der Waals surface area contributed by atoms with Crippen molar-refractivity contribution in [3.63, 3.8) is 0 Å². The van der Waals surface area contributed by atoms with E-state index in [0.717, 1.165) is 24.5 Å². The van der Waals surface area contributed by atoms with Crippen molar-refractivity contribution in [2.75, 3.05) is 29.9 Å². The van der Waals surface area contributed by atoms with E-state index in [1.807, 2.05) is 10.9 Å². The molecule has 0 saturated carbocycles. The van der Waals surface area contributed by atoms with Gasteiger partial charge in [-0.15, -0.1) is 0 Å². The number of hydrogen-bond donors (Lipinski definition) is 1. The molecule has 1 aromatic heterocycles. The summed E-state index contributed by atoms with van der Waals surface area (Å²) in [4.78, 5) is 16.6. The maximum Gasteiger partial charge on any atom is 0.322 e. The maximum absolute atomic E-state index is 13.2. The van der Waals surface area contributed by atoms with Gasteiger partial charge in [0.1, 0.15) is 5.82 Å². The number of halogens is 2. The fourth-order valence-electron chi connectivity index (χ4n) is 3.40. The predicted molar refractivity (Wildman–Crippen MR) is 94.5 cm³/mol. The van der Waals surface area contributed by atoms with Gasteiger partial charge in [-0.05, 0) is 31.0 Å². The second-order valence-electron chi connectivity index (χ2n) is 6.37. The number of nitrogens with zero attached hydrogens (tertiary/aromatic N) is 4. The molecule has 1 fully saturated rings. The lowest BCUT2D eigenvalue weighted by atomic mass is 10.2. The number of fused-ring (bicyclic) bond motifs is 1. The SMILES string of the molecule is O=C(Nc1ccc(F)c(Cl)c1)N1CCn2ncc(N3CCCC3)c2C1. The molecule has 6 nitrogen and oxygen atoms in total. The molecule has 2 aliphatic rings. The Bertz CT molecular complexity index is 802. The van der Waals surface area contributed by atoms with Crippen LogP contribution in [0.2, 0.25) is 5.02 Å². The molecule has 0 unspecified atom stereocenters. The minimum absolute atomic E-state index is 0.00848. The molecule has 1 N–H and O–H groups in total. The highest BCUT2D eigenvalue weighted by Gasteiger charge is 2.27. The van der Waals surface area contributed by atoms with E-state index in [-0.39, 0.29) is 11.1 Å². The lowest BCUT2D eigenvalue weighted by Gasteiger charge is -2.30. The highest BCUT2D eigenvalue weighted by molar-refractivity contribution is 6.31. The van der Waals surface area contributed by atoms with Crippen LogP contribution >= 0.6 is 11.6 Å². The van der Waals surface area contributed by atoms with E-state index in [1.165, 1.54) is 31.0 Å². The molecule has 8 heteroatoms. The molecule has 25 heavy (non-hydrogen) atoms. The molecular formula is C17H19ClFN5O. The molecule has 2 aromatic rings. The molecule has 3 heterocycles. The number of urea groups is 1. The Labute approximate surface area is 150 Å². The first-order valence-corrected chi connectivity index (χ1v) is 8.80. The lowest BCUT2D eigenvalue weighted by Crippen LogP contribution is -2.41. The van der Waals surface area contributed by atoms with Gasteiger partial charge in [0.05, 0.1) is 35.7 Å². The van der Waals surface area contributed by atoms with E-state index < -0.39 is 5.82 Å². The van der Waals surface area contributed by atoms with Crippen LogP contribution in [0.3, 0.4) is 0 Å². The molecule has 1 saturated heterocycles. The van der Waals surface area contributed by atoms with Crippen LogP contribution in [0.5, 0.6) is 0 Å². The zero-order chi connectivity index (χ0) is 17.4. The second-order valence-corrected chi connectivity index (χ2v) is 6.78. The summed E-state index contributed by atoms with van der Waals surface area (Å²) in [6.45, 7) is 3.83. The standard InChI is InChI=1S/C17H19ClFN5O/c18-13-9-12(3-4-14(13)19)21-17(25)23-7-8-24-16(11-23)15(10-20-24)22-5-1-2-6-22/h3-4,9-10H,1-2,5-8,11H2,(H,21,25). The van der Waals surface area contributed by atoms with Crippen LogP contribution < -0.4 is 10.2 Å². The summed E-state index contributed by atoms with van der Waals surface area (Å²) in [6.07, 6.45) is 4.29. The van der Waals surface area contributed by atoms with Gasteiger partial charge in [0.15, 0.2) is 0 Å². The minimum atomic E-state index is -0.503. The summed E-state index contributed by atoms with van der Waals surface area (Å²) in [6, 6.07) is 3.94. The molecule has 0 atom stereocenters. The minimum Gasteiger partial charge on any atom is -0.369 e. The Morgan fingerprint density at radius 2 is 2.00 bits per heavy atom. The number of carbonyl (C=O) groups is 1. The number of benzene rings is 1. The summed E-state index contributed by atoms with van der Waals surface area (Å²) < 4.78 is 15.2. The summed E-state index contributed by atoms with van der Waals surface area (Å²) in [5.74, 6) is -0.503. The number of amides is 2. The summed E-state index contributed by atoms with van der Waals surface area (Å²) in [5.41, 5.74) is 2.68. The number of rotatable bonds is 2. The molecule has 4 rings (SSSR count). The summed E-state index contributed by atoms with van der Waals surface area (Å²) in [5, 5.41) is 7.23. The van der Waals surface area contributed by atoms with E-state index in [2.05, 4.69) is 15.3 Å². The van der Waals surface area contributed by atoms with Gasteiger partial charge in [-0.3, -0.25) is 4.68 Å². The first-order valence-electron chi connectivity index (χ1n) is 8.42. The van der Waals surface area contributed by atoms with Gasteiger partial charge in [0, 0.05) is 25.3 Å². The predicted octanol–water partition coefficient (Wildman–Crippen LogP) is 3.32. The third-order valence-corrected chi connectivity index (χ3v) is 5.04. The summed E-state index contributed by atoms with van der Waals surface area (Å²) >= 11 is 5.77. The quantitative estimate of drug-likeness (QED) is 0.890. The number of aromatic nitrogens is 2. The van der Waals surface area contributed by atoms with Crippen LogP contribution in [0.15, 0.2) is 24.4 Å². The van der Waals surface area contributed by atoms with Gasteiger partial charge < -0.3 is 15.1 Å². The van der Waals surface area contributed by atoms with Gasteiger partial charge in [0.2, 0.25) is 0 Å². The fraction of sp³-hybridized carbons (Fsp3) is 0.412. The van der Waals surface area contributed by atoms with Gasteiger partial charge in [-0.2, -0.15) is 5.10 Å². The third-order valence-electron chi connectivity index (χ3n) is 4.75. The van der Waals surface area contributed by atoms with Crippen molar-refractivity contribution < 1.29 is 9.18 Å². The van der Waals surface area contributed by atoms with Crippen molar-refractivity contribution in [3.8, 4) is 0 Å². The summed E-state index contributed by atoms with van der Waals surface area (Å²) in [7, 11) is 0. The van der Waals surface area contributed by atoms with Crippen LogP contribution in [0.1, 0.15) is 18.5 Å². The van der Waals surface area contributed by atoms with Gasteiger partial charge in [-0.25, -0.2) is 9.18 Å². The van der Waals surface area contributed by atoms with Crippen molar-refractivity contribution >= 4 is 29.0 Å². The Hall–Kier alpha value is -2.28. The van der Waals surface area contributed by atoms with Crippen LogP contribution in [-0.2, 0) is 13.1 Å². The average molecular weight is 364 g/mol. The molecule has 0 radical (unpaired) electrons. The second kappa shape index (κ2) is 6.55. The van der Waals surface area contributed by atoms with Crippen LogP contribution in [0.25, 0.3) is 0 Å². The fourth-order valence-corrected chi connectivity index (χ4v) is 3.58. The molecular weight excluding hydrogens is 345 g/mol. The van der Waals surface area contributed by atoms with E-state index in [0.29, 0.717) is 25.3 Å². The zero-order valence-corrected chi connectivity index (χ0v) is 14.5. The lowest BCUT2D eigenvalue weighted by molar-refractivity contribution is 0.194. The number of carbonyl (C=O) groups excluding carboxylic acids is 1. The maximum atomic E-state index is 13.2. The highest BCUT2D eigenvalue weighted by Crippen LogP contribution is 2.28. The molecule has 1 aromatic carbocycles. The normalized spacial score (nSPS) is 16.9. The van der Waals surface area contributed by atoms with E-state index >= 15 is 0 Å². The van der Waals surface area contributed by atoms with Gasteiger partial charge in [-0.1, -0.05) is 11.6 Å². The Kier molecular flexibility index (Phi) is 4.25. The van der Waals surface area contributed by atoms with Crippen molar-refractivity contribution in [1.29, 1.82) is 0 Å². The van der Waals surface area contributed by atoms with Crippen molar-refractivity contribution in [1.82, 2.24) is 14.7 Å². The van der Waals surface area contributed by atoms with Crippen molar-refractivity contribution in [3.05, 3.63) is 40.9 Å². The Balaban J connectivity index is 1.48. The smallest absolute Gasteiger partial charge is 0.322 e. The van der Waals surface area contributed by atoms with Gasteiger partial charge >= 0.3 is 6.03 Å². The first-order chi connectivity index (χ1) is 12.1. The number of hydrogen-bond acceptors (Lipinski definition) is 3. The topological polar surface area (TPSA) is 53.4 Å². The third kappa shape index (κ3) is 3.16. The van der Waals surface area contributed by atoms with Gasteiger partial charge in [0.25, 0.3) is 0 Å². The molecule has 132 valence electrons. The Morgan fingerprint density at radius 1 is 1.20 bits per heavy atom. The molecule has 2 aliphatic heterocycles. The highest BCUT2D eigenvalue weighted by atomic mass is 35.5.